The second-order valence-electron chi connectivity index (χ2n) is 4.95. The highest BCUT2D eigenvalue weighted by Gasteiger charge is 2.08. The van der Waals surface area contributed by atoms with Crippen molar-refractivity contribution in [3.8, 4) is 0 Å². The lowest BCUT2D eigenvalue weighted by atomic mass is 10.0. The SMILES string of the molecule is CC(C)c1ccccc1NC(=S)Nc1ccc(F)c(Cl)c1. The Hall–Kier alpha value is -1.65. The Kier molecular flexibility index (Phi) is 5.15. The molecule has 0 radical (unpaired) electrons. The number of thiocarbonyl (C=S) groups is 1. The van der Waals surface area contributed by atoms with Gasteiger partial charge in [-0.25, -0.2) is 4.39 Å². The van der Waals surface area contributed by atoms with Crippen molar-refractivity contribution in [1.29, 1.82) is 0 Å². The van der Waals surface area contributed by atoms with E-state index < -0.39 is 5.82 Å². The van der Waals surface area contributed by atoms with Crippen molar-refractivity contribution in [2.45, 2.75) is 19.8 Å². The van der Waals surface area contributed by atoms with Crippen molar-refractivity contribution in [1.82, 2.24) is 0 Å². The van der Waals surface area contributed by atoms with E-state index in [0.717, 1.165) is 5.69 Å². The van der Waals surface area contributed by atoms with E-state index in [0.29, 0.717) is 16.7 Å². The van der Waals surface area contributed by atoms with Crippen LogP contribution in [0.15, 0.2) is 42.5 Å². The van der Waals surface area contributed by atoms with Crippen LogP contribution in [-0.4, -0.2) is 5.11 Å². The molecule has 2 aromatic carbocycles. The highest BCUT2D eigenvalue weighted by molar-refractivity contribution is 7.80. The molecule has 0 aliphatic heterocycles. The zero-order chi connectivity index (χ0) is 15.4. The maximum absolute atomic E-state index is 13.1. The zero-order valence-corrected chi connectivity index (χ0v) is 13.4. The molecule has 0 saturated carbocycles. The van der Waals surface area contributed by atoms with Gasteiger partial charge in [-0.05, 0) is 48.0 Å². The van der Waals surface area contributed by atoms with Gasteiger partial charge in [0.25, 0.3) is 0 Å². The van der Waals surface area contributed by atoms with Gasteiger partial charge in [-0.3, -0.25) is 0 Å². The number of nitrogens with one attached hydrogen (secondary N) is 2. The van der Waals surface area contributed by atoms with Crippen LogP contribution in [0.1, 0.15) is 25.3 Å². The van der Waals surface area contributed by atoms with E-state index in [9.17, 15) is 4.39 Å². The van der Waals surface area contributed by atoms with Crippen LogP contribution in [0.2, 0.25) is 5.02 Å². The summed E-state index contributed by atoms with van der Waals surface area (Å²) in [4.78, 5) is 0. The van der Waals surface area contributed by atoms with Crippen molar-refractivity contribution >= 4 is 40.3 Å². The molecule has 0 aliphatic rings. The van der Waals surface area contributed by atoms with Crippen molar-refractivity contribution < 1.29 is 4.39 Å². The molecular weight excluding hydrogens is 307 g/mol. The van der Waals surface area contributed by atoms with E-state index in [1.54, 1.807) is 6.07 Å². The van der Waals surface area contributed by atoms with E-state index in [-0.39, 0.29) is 5.02 Å². The van der Waals surface area contributed by atoms with Crippen LogP contribution in [0, 0.1) is 5.82 Å². The Balaban J connectivity index is 2.10. The van der Waals surface area contributed by atoms with Gasteiger partial charge in [0.1, 0.15) is 5.82 Å². The molecule has 0 bridgehead atoms. The van der Waals surface area contributed by atoms with Crippen LogP contribution < -0.4 is 10.6 Å². The predicted molar refractivity (Wildman–Crippen MR) is 91.8 cm³/mol. The quantitative estimate of drug-likeness (QED) is 0.739. The molecule has 0 amide bonds. The fraction of sp³-hybridized carbons (Fsp3) is 0.188. The molecule has 0 spiro atoms. The Morgan fingerprint density at radius 2 is 1.86 bits per heavy atom. The first-order chi connectivity index (χ1) is 9.97. The first kappa shape index (κ1) is 15.7. The summed E-state index contributed by atoms with van der Waals surface area (Å²) >= 11 is 11.0. The molecule has 0 atom stereocenters. The van der Waals surface area contributed by atoms with Crippen LogP contribution in [0.4, 0.5) is 15.8 Å². The highest BCUT2D eigenvalue weighted by Crippen LogP contribution is 2.24. The molecule has 2 aromatic rings. The predicted octanol–water partition coefficient (Wildman–Crippen LogP) is 5.41. The molecule has 0 aliphatic carbocycles. The molecule has 0 aromatic heterocycles. The van der Waals surface area contributed by atoms with Gasteiger partial charge < -0.3 is 10.6 Å². The second-order valence-corrected chi connectivity index (χ2v) is 5.77. The van der Waals surface area contributed by atoms with Gasteiger partial charge in [0.05, 0.1) is 5.02 Å². The summed E-state index contributed by atoms with van der Waals surface area (Å²) in [7, 11) is 0. The van der Waals surface area contributed by atoms with Crippen LogP contribution >= 0.6 is 23.8 Å². The van der Waals surface area contributed by atoms with Crippen molar-refractivity contribution in [3.63, 3.8) is 0 Å². The monoisotopic (exact) mass is 322 g/mol. The summed E-state index contributed by atoms with van der Waals surface area (Å²) in [5, 5.41) is 6.65. The first-order valence-corrected chi connectivity index (χ1v) is 7.38. The van der Waals surface area contributed by atoms with E-state index in [2.05, 4.69) is 30.5 Å². The van der Waals surface area contributed by atoms with E-state index in [1.165, 1.54) is 17.7 Å². The van der Waals surface area contributed by atoms with Gasteiger partial charge in [-0.2, -0.15) is 0 Å². The number of hydrogen-bond acceptors (Lipinski definition) is 1. The Labute approximate surface area is 134 Å². The third kappa shape index (κ3) is 4.16. The second kappa shape index (κ2) is 6.87. The molecule has 2 rings (SSSR count). The number of anilines is 2. The molecule has 110 valence electrons. The van der Waals surface area contributed by atoms with Gasteiger partial charge in [0, 0.05) is 11.4 Å². The first-order valence-electron chi connectivity index (χ1n) is 6.59. The summed E-state index contributed by atoms with van der Waals surface area (Å²) < 4.78 is 13.1. The fourth-order valence-corrected chi connectivity index (χ4v) is 2.38. The molecule has 21 heavy (non-hydrogen) atoms. The maximum atomic E-state index is 13.1. The minimum atomic E-state index is -0.453. The molecule has 2 N–H and O–H groups in total. The van der Waals surface area contributed by atoms with Crippen molar-refractivity contribution in [2.24, 2.45) is 0 Å². The lowest BCUT2D eigenvalue weighted by Crippen LogP contribution is -2.20. The Bertz CT molecular complexity index is 658. The van der Waals surface area contributed by atoms with Crippen molar-refractivity contribution in [2.75, 3.05) is 10.6 Å². The average Bonchev–Trinajstić information content (AvgIpc) is 2.43. The van der Waals surface area contributed by atoms with Crippen molar-refractivity contribution in [3.05, 3.63) is 58.9 Å². The zero-order valence-electron chi connectivity index (χ0n) is 11.8. The van der Waals surface area contributed by atoms with Gasteiger partial charge in [0.15, 0.2) is 5.11 Å². The lowest BCUT2D eigenvalue weighted by Gasteiger charge is -2.16. The molecule has 5 heteroatoms. The topological polar surface area (TPSA) is 24.1 Å². The average molecular weight is 323 g/mol. The van der Waals surface area contributed by atoms with E-state index >= 15 is 0 Å². The smallest absolute Gasteiger partial charge is 0.175 e. The van der Waals surface area contributed by atoms with E-state index in [1.807, 2.05) is 18.2 Å². The van der Waals surface area contributed by atoms with Gasteiger partial charge in [0.2, 0.25) is 0 Å². The summed E-state index contributed by atoms with van der Waals surface area (Å²) in [6, 6.07) is 12.4. The van der Waals surface area contributed by atoms with Gasteiger partial charge in [-0.1, -0.05) is 43.6 Å². The normalized spacial score (nSPS) is 10.5. The molecule has 0 heterocycles. The van der Waals surface area contributed by atoms with Crippen LogP contribution in [0.5, 0.6) is 0 Å². The maximum Gasteiger partial charge on any atom is 0.175 e. The Morgan fingerprint density at radius 1 is 1.14 bits per heavy atom. The third-order valence-corrected chi connectivity index (χ3v) is 3.50. The largest absolute Gasteiger partial charge is 0.332 e. The van der Waals surface area contributed by atoms with Crippen LogP contribution in [-0.2, 0) is 0 Å². The number of benzene rings is 2. The standard InChI is InChI=1S/C16H16ClFN2S/c1-10(2)12-5-3-4-6-15(12)20-16(21)19-11-7-8-14(18)13(17)9-11/h3-10H,1-2H3,(H2,19,20,21). The fourth-order valence-electron chi connectivity index (χ4n) is 1.97. The minimum Gasteiger partial charge on any atom is -0.332 e. The van der Waals surface area contributed by atoms with Gasteiger partial charge >= 0.3 is 0 Å². The molecule has 0 unspecified atom stereocenters. The number of hydrogen-bond donors (Lipinski definition) is 2. The molecule has 2 nitrogen and oxygen atoms in total. The lowest BCUT2D eigenvalue weighted by molar-refractivity contribution is 0.628. The third-order valence-electron chi connectivity index (χ3n) is 3.01. The number of para-hydroxylation sites is 1. The highest BCUT2D eigenvalue weighted by atomic mass is 35.5. The summed E-state index contributed by atoms with van der Waals surface area (Å²) in [6.07, 6.45) is 0. The van der Waals surface area contributed by atoms with Crippen LogP contribution in [0.3, 0.4) is 0 Å². The van der Waals surface area contributed by atoms with E-state index in [4.69, 9.17) is 23.8 Å². The minimum absolute atomic E-state index is 0.0605. The Morgan fingerprint density at radius 3 is 2.52 bits per heavy atom. The summed E-state index contributed by atoms with van der Waals surface area (Å²) in [6.45, 7) is 4.24. The molecular formula is C16H16ClFN2S. The number of halogens is 2. The molecule has 0 fully saturated rings. The summed E-state index contributed by atoms with van der Waals surface area (Å²) in [5.74, 6) is -0.0667. The molecule has 0 saturated heterocycles. The van der Waals surface area contributed by atoms with Crippen LogP contribution in [0.25, 0.3) is 0 Å². The summed E-state index contributed by atoms with van der Waals surface area (Å²) in [5.41, 5.74) is 2.78. The van der Waals surface area contributed by atoms with Gasteiger partial charge in [-0.15, -0.1) is 0 Å². The number of rotatable bonds is 3.